The highest BCUT2D eigenvalue weighted by atomic mass is 16.4. The number of fused-ring (bicyclic) bond motifs is 5. The van der Waals surface area contributed by atoms with Crippen molar-refractivity contribution in [3.63, 3.8) is 0 Å². The number of aliphatic carboxylic acids is 1. The third kappa shape index (κ3) is 1.56. The van der Waals surface area contributed by atoms with E-state index in [0.717, 1.165) is 44.1 Å². The van der Waals surface area contributed by atoms with Gasteiger partial charge in [0.2, 0.25) is 0 Å². The number of carbonyl (C=O) groups is 2. The SMILES string of the molecule is C=CCC1=CC(C)(C23CCCC2C2CCC3(C(=O)O)C2)CC1=O. The number of Topliss-reactive ketones (excluding diaryl/α,β-unsaturated/α-hetero) is 1. The van der Waals surface area contributed by atoms with Gasteiger partial charge in [0.1, 0.15) is 0 Å². The van der Waals surface area contributed by atoms with Crippen molar-refractivity contribution < 1.29 is 14.7 Å². The largest absolute Gasteiger partial charge is 0.481 e. The summed E-state index contributed by atoms with van der Waals surface area (Å²) in [6.45, 7) is 5.93. The van der Waals surface area contributed by atoms with Crippen LogP contribution in [0.1, 0.15) is 58.3 Å². The van der Waals surface area contributed by atoms with Gasteiger partial charge in [-0.05, 0) is 61.3 Å². The van der Waals surface area contributed by atoms with E-state index in [2.05, 4.69) is 19.6 Å². The van der Waals surface area contributed by atoms with Gasteiger partial charge >= 0.3 is 5.97 Å². The quantitative estimate of drug-likeness (QED) is 0.793. The van der Waals surface area contributed by atoms with Crippen LogP contribution in [0.2, 0.25) is 0 Å². The van der Waals surface area contributed by atoms with Crippen molar-refractivity contribution in [3.8, 4) is 0 Å². The fraction of sp³-hybridized carbons (Fsp3) is 0.700. The highest BCUT2D eigenvalue weighted by molar-refractivity contribution is 5.99. The molecule has 0 saturated heterocycles. The Morgan fingerprint density at radius 3 is 2.91 bits per heavy atom. The Balaban J connectivity index is 1.87. The van der Waals surface area contributed by atoms with E-state index in [0.29, 0.717) is 24.7 Å². The van der Waals surface area contributed by atoms with E-state index in [4.69, 9.17) is 0 Å². The van der Waals surface area contributed by atoms with Gasteiger partial charge in [0.05, 0.1) is 5.41 Å². The first-order chi connectivity index (χ1) is 10.9. The van der Waals surface area contributed by atoms with Crippen LogP contribution in [0.15, 0.2) is 24.3 Å². The predicted molar refractivity (Wildman–Crippen MR) is 87.8 cm³/mol. The number of hydrogen-bond donors (Lipinski definition) is 1. The van der Waals surface area contributed by atoms with Crippen LogP contribution < -0.4 is 0 Å². The average Bonchev–Trinajstić information content (AvgIpc) is 3.20. The van der Waals surface area contributed by atoms with E-state index < -0.39 is 11.4 Å². The lowest BCUT2D eigenvalue weighted by Crippen LogP contribution is -2.54. The first-order valence-corrected chi connectivity index (χ1v) is 8.99. The van der Waals surface area contributed by atoms with E-state index in [1.165, 1.54) is 0 Å². The van der Waals surface area contributed by atoms with Crippen molar-refractivity contribution in [2.24, 2.45) is 28.1 Å². The Bertz CT molecular complexity index is 633. The molecule has 0 heterocycles. The van der Waals surface area contributed by atoms with Crippen molar-refractivity contribution in [1.82, 2.24) is 0 Å². The molecule has 0 radical (unpaired) electrons. The van der Waals surface area contributed by atoms with Gasteiger partial charge in [-0.1, -0.05) is 25.5 Å². The number of carboxylic acid groups (broad SMARTS) is 1. The van der Waals surface area contributed by atoms with E-state index in [1.54, 1.807) is 6.08 Å². The molecule has 1 N–H and O–H groups in total. The third-order valence-corrected chi connectivity index (χ3v) is 7.87. The number of rotatable bonds is 4. The lowest BCUT2D eigenvalue weighted by molar-refractivity contribution is -0.167. The zero-order valence-electron chi connectivity index (χ0n) is 13.9. The smallest absolute Gasteiger partial charge is 0.310 e. The maximum atomic E-state index is 12.5. The zero-order chi connectivity index (χ0) is 16.5. The van der Waals surface area contributed by atoms with Crippen LogP contribution >= 0.6 is 0 Å². The van der Waals surface area contributed by atoms with E-state index in [1.807, 2.05) is 0 Å². The molecule has 3 fully saturated rings. The summed E-state index contributed by atoms with van der Waals surface area (Å²) in [5.41, 5.74) is -0.260. The summed E-state index contributed by atoms with van der Waals surface area (Å²) in [6, 6.07) is 0. The monoisotopic (exact) mass is 314 g/mol. The molecule has 124 valence electrons. The summed E-state index contributed by atoms with van der Waals surface area (Å²) in [4.78, 5) is 24.9. The van der Waals surface area contributed by atoms with Crippen LogP contribution in [0.5, 0.6) is 0 Å². The second kappa shape index (κ2) is 4.58. The van der Waals surface area contributed by atoms with Crippen molar-refractivity contribution >= 4 is 11.8 Å². The number of hydrogen-bond acceptors (Lipinski definition) is 2. The summed E-state index contributed by atoms with van der Waals surface area (Å²) >= 11 is 0. The van der Waals surface area contributed by atoms with Crippen LogP contribution in [0.4, 0.5) is 0 Å². The van der Waals surface area contributed by atoms with Crippen LogP contribution in [0.25, 0.3) is 0 Å². The van der Waals surface area contributed by atoms with E-state index in [-0.39, 0.29) is 16.6 Å². The number of allylic oxidation sites excluding steroid dienone is 3. The maximum Gasteiger partial charge on any atom is 0.310 e. The third-order valence-electron chi connectivity index (χ3n) is 7.87. The van der Waals surface area contributed by atoms with Crippen LogP contribution in [0, 0.1) is 28.1 Å². The minimum absolute atomic E-state index is 0.204. The summed E-state index contributed by atoms with van der Waals surface area (Å²) in [7, 11) is 0. The van der Waals surface area contributed by atoms with Crippen molar-refractivity contribution in [2.75, 3.05) is 0 Å². The molecule has 3 nitrogen and oxygen atoms in total. The normalized spacial score (nSPS) is 47.7. The van der Waals surface area contributed by atoms with Gasteiger partial charge in [0.25, 0.3) is 0 Å². The average molecular weight is 314 g/mol. The molecule has 4 aliphatic rings. The van der Waals surface area contributed by atoms with Gasteiger partial charge < -0.3 is 5.11 Å². The highest BCUT2D eigenvalue weighted by Gasteiger charge is 2.76. The minimum Gasteiger partial charge on any atom is -0.481 e. The molecule has 3 heteroatoms. The van der Waals surface area contributed by atoms with Crippen LogP contribution in [0.3, 0.4) is 0 Å². The molecule has 0 aliphatic heterocycles. The Morgan fingerprint density at radius 1 is 1.43 bits per heavy atom. The molecule has 2 bridgehead atoms. The summed E-state index contributed by atoms with van der Waals surface area (Å²) in [5, 5.41) is 10.2. The van der Waals surface area contributed by atoms with E-state index >= 15 is 0 Å². The molecule has 23 heavy (non-hydrogen) atoms. The molecule has 3 saturated carbocycles. The molecule has 0 aromatic carbocycles. The lowest BCUT2D eigenvalue weighted by atomic mass is 9.47. The molecule has 0 aromatic rings. The topological polar surface area (TPSA) is 54.4 Å². The fourth-order valence-corrected chi connectivity index (χ4v) is 7.32. The molecule has 0 amide bonds. The molecule has 5 unspecified atom stereocenters. The molecule has 0 aromatic heterocycles. The number of ketones is 1. The summed E-state index contributed by atoms with van der Waals surface area (Å²) < 4.78 is 0. The van der Waals surface area contributed by atoms with E-state index in [9.17, 15) is 14.7 Å². The second-order valence-corrected chi connectivity index (χ2v) is 8.54. The maximum absolute atomic E-state index is 12.5. The molecule has 5 atom stereocenters. The predicted octanol–water partition coefficient (Wildman–Crippen LogP) is 4.14. The first-order valence-electron chi connectivity index (χ1n) is 8.99. The molecular formula is C20H26O3. The summed E-state index contributed by atoms with van der Waals surface area (Å²) in [6.07, 6.45) is 11.0. The Morgan fingerprint density at radius 2 is 2.22 bits per heavy atom. The molecular weight excluding hydrogens is 288 g/mol. The Labute approximate surface area is 137 Å². The molecule has 4 rings (SSSR count). The number of carboxylic acids is 1. The molecule has 4 aliphatic carbocycles. The minimum atomic E-state index is -0.608. The van der Waals surface area contributed by atoms with Gasteiger partial charge in [-0.25, -0.2) is 0 Å². The van der Waals surface area contributed by atoms with Crippen molar-refractivity contribution in [2.45, 2.75) is 58.3 Å². The van der Waals surface area contributed by atoms with Gasteiger partial charge in [0.15, 0.2) is 5.78 Å². The first kappa shape index (κ1) is 15.2. The Kier molecular flexibility index (Phi) is 3.02. The summed E-state index contributed by atoms with van der Waals surface area (Å²) in [5.74, 6) is 0.640. The Hall–Kier alpha value is -1.38. The van der Waals surface area contributed by atoms with Gasteiger partial charge in [-0.15, -0.1) is 6.58 Å². The van der Waals surface area contributed by atoms with Gasteiger partial charge in [0, 0.05) is 11.8 Å². The second-order valence-electron chi connectivity index (χ2n) is 8.54. The van der Waals surface area contributed by atoms with Gasteiger partial charge in [-0.2, -0.15) is 0 Å². The molecule has 0 spiro atoms. The highest BCUT2D eigenvalue weighted by Crippen LogP contribution is 2.79. The lowest BCUT2D eigenvalue weighted by Gasteiger charge is -2.54. The van der Waals surface area contributed by atoms with Crippen molar-refractivity contribution in [3.05, 3.63) is 24.3 Å². The zero-order valence-corrected chi connectivity index (χ0v) is 13.9. The van der Waals surface area contributed by atoms with Gasteiger partial charge in [-0.3, -0.25) is 9.59 Å². The number of carbonyl (C=O) groups excluding carboxylic acids is 1. The van der Waals surface area contributed by atoms with Crippen molar-refractivity contribution in [1.29, 1.82) is 0 Å². The van der Waals surface area contributed by atoms with Crippen LogP contribution in [-0.4, -0.2) is 16.9 Å². The standard InChI is InChI=1S/C20H26O3/c1-3-5-14-10-18(2,12-16(14)21)20-8-4-6-15(20)13-7-9-19(20,11-13)17(22)23/h3,10,13,15H,1,4-9,11-12H2,2H3,(H,22,23). The van der Waals surface area contributed by atoms with Crippen LogP contribution in [-0.2, 0) is 9.59 Å². The fourth-order valence-electron chi connectivity index (χ4n) is 7.32.